The largest absolute Gasteiger partial charge is 0.393 e. The van der Waals surface area contributed by atoms with Crippen LogP contribution in [0.25, 0.3) is 0 Å². The van der Waals surface area contributed by atoms with E-state index in [0.717, 1.165) is 38.5 Å². The molecule has 0 saturated heterocycles. The molecule has 2 N–H and O–H groups in total. The van der Waals surface area contributed by atoms with E-state index in [4.69, 9.17) is 0 Å². The first-order chi connectivity index (χ1) is 10.7. The quantitative estimate of drug-likeness (QED) is 0.662. The Morgan fingerprint density at radius 2 is 1.87 bits per heavy atom. The van der Waals surface area contributed by atoms with Crippen LogP contribution in [0, 0.1) is 28.6 Å². The topological polar surface area (TPSA) is 40.5 Å². The van der Waals surface area contributed by atoms with Gasteiger partial charge in [-0.05, 0) is 75.0 Å². The minimum atomic E-state index is -1.18. The third-order valence-electron chi connectivity index (χ3n) is 8.69. The maximum absolute atomic E-state index is 14.6. The molecule has 0 aliphatic heterocycles. The van der Waals surface area contributed by atoms with E-state index in [1.54, 1.807) is 6.92 Å². The van der Waals surface area contributed by atoms with Gasteiger partial charge in [-0.25, -0.2) is 4.39 Å². The lowest BCUT2D eigenvalue weighted by atomic mass is 9.47. The van der Waals surface area contributed by atoms with Gasteiger partial charge in [-0.1, -0.05) is 25.5 Å². The standard InChI is InChI=1S/C20H31FO2/c1-18-8-6-13(22)10-12(18)4-5-14-15(18)7-9-19(2)16(14)11-17(21)20(19,3)23/h4,13-17,22-23H,5-11H2,1-3H3/t13?,14-,15-,16+,17?,18+,19+,20?/m1/s1. The van der Waals surface area contributed by atoms with E-state index in [2.05, 4.69) is 19.9 Å². The van der Waals surface area contributed by atoms with E-state index in [9.17, 15) is 14.6 Å². The van der Waals surface area contributed by atoms with Crippen LogP contribution in [0.15, 0.2) is 11.6 Å². The van der Waals surface area contributed by atoms with Crippen molar-refractivity contribution in [3.05, 3.63) is 11.6 Å². The number of fused-ring (bicyclic) bond motifs is 5. The first-order valence-electron chi connectivity index (χ1n) is 9.44. The summed E-state index contributed by atoms with van der Waals surface area (Å²) in [5.74, 6) is 1.37. The molecule has 3 fully saturated rings. The average Bonchev–Trinajstić information content (AvgIpc) is 2.67. The molecule has 3 heteroatoms. The van der Waals surface area contributed by atoms with Crippen LogP contribution in [-0.2, 0) is 0 Å². The number of rotatable bonds is 0. The number of halogens is 1. The van der Waals surface area contributed by atoms with Crippen LogP contribution in [0.5, 0.6) is 0 Å². The monoisotopic (exact) mass is 322 g/mol. The van der Waals surface area contributed by atoms with Gasteiger partial charge in [-0.3, -0.25) is 0 Å². The Bertz CT molecular complexity index is 542. The van der Waals surface area contributed by atoms with Crippen molar-refractivity contribution < 1.29 is 14.6 Å². The third-order valence-corrected chi connectivity index (χ3v) is 8.69. The molecule has 0 aromatic carbocycles. The zero-order valence-corrected chi connectivity index (χ0v) is 14.7. The minimum Gasteiger partial charge on any atom is -0.393 e. The normalized spacial score (nSPS) is 58.9. The molecule has 23 heavy (non-hydrogen) atoms. The summed E-state index contributed by atoms with van der Waals surface area (Å²) in [6, 6.07) is 0. The summed E-state index contributed by atoms with van der Waals surface area (Å²) in [5.41, 5.74) is 0.159. The highest BCUT2D eigenvalue weighted by atomic mass is 19.1. The SMILES string of the molecule is CC1(O)C(F)C[C@H]2[C@@H]3CC=C4CC(O)CC[C@]4(C)[C@@H]3CC[C@@]21C. The fourth-order valence-corrected chi connectivity index (χ4v) is 6.84. The molecule has 4 aliphatic rings. The molecule has 3 unspecified atom stereocenters. The van der Waals surface area contributed by atoms with E-state index >= 15 is 0 Å². The summed E-state index contributed by atoms with van der Waals surface area (Å²) in [6.07, 6.45) is 7.40. The molecule has 0 radical (unpaired) electrons. The van der Waals surface area contributed by atoms with Gasteiger partial charge in [0.05, 0.1) is 11.7 Å². The Balaban J connectivity index is 1.70. The molecule has 4 aliphatic carbocycles. The van der Waals surface area contributed by atoms with Crippen molar-refractivity contribution in [3.8, 4) is 0 Å². The van der Waals surface area contributed by atoms with Crippen LogP contribution in [0.1, 0.15) is 65.7 Å². The Kier molecular flexibility index (Phi) is 3.37. The molecular weight excluding hydrogens is 291 g/mol. The predicted octanol–water partition coefficient (Wildman–Crippen LogP) is 4.01. The van der Waals surface area contributed by atoms with Crippen LogP contribution in [-0.4, -0.2) is 28.1 Å². The summed E-state index contributed by atoms with van der Waals surface area (Å²) in [7, 11) is 0. The molecule has 2 nitrogen and oxygen atoms in total. The van der Waals surface area contributed by atoms with Crippen LogP contribution in [0.4, 0.5) is 4.39 Å². The summed E-state index contributed by atoms with van der Waals surface area (Å²) < 4.78 is 14.6. The van der Waals surface area contributed by atoms with Gasteiger partial charge in [0.2, 0.25) is 0 Å². The van der Waals surface area contributed by atoms with Crippen molar-refractivity contribution in [1.29, 1.82) is 0 Å². The Hall–Kier alpha value is -0.410. The lowest BCUT2D eigenvalue weighted by Gasteiger charge is -2.58. The summed E-state index contributed by atoms with van der Waals surface area (Å²) in [6.45, 7) is 6.23. The van der Waals surface area contributed by atoms with Crippen molar-refractivity contribution in [2.45, 2.75) is 83.6 Å². The number of aliphatic hydroxyl groups is 2. The van der Waals surface area contributed by atoms with E-state index < -0.39 is 11.8 Å². The van der Waals surface area contributed by atoms with Crippen molar-refractivity contribution >= 4 is 0 Å². The molecule has 0 bridgehead atoms. The number of allylic oxidation sites excluding steroid dienone is 1. The van der Waals surface area contributed by atoms with Crippen molar-refractivity contribution in [1.82, 2.24) is 0 Å². The summed E-state index contributed by atoms with van der Waals surface area (Å²) >= 11 is 0. The molecule has 0 aromatic heterocycles. The zero-order valence-electron chi connectivity index (χ0n) is 14.7. The van der Waals surface area contributed by atoms with Gasteiger partial charge in [-0.15, -0.1) is 0 Å². The smallest absolute Gasteiger partial charge is 0.129 e. The highest BCUT2D eigenvalue weighted by Crippen LogP contribution is 2.67. The van der Waals surface area contributed by atoms with Crippen molar-refractivity contribution in [2.75, 3.05) is 0 Å². The maximum atomic E-state index is 14.6. The van der Waals surface area contributed by atoms with Gasteiger partial charge in [0.15, 0.2) is 0 Å². The van der Waals surface area contributed by atoms with E-state index in [-0.39, 0.29) is 22.9 Å². The number of hydrogen-bond acceptors (Lipinski definition) is 2. The fourth-order valence-electron chi connectivity index (χ4n) is 6.84. The molecule has 0 aromatic rings. The van der Waals surface area contributed by atoms with E-state index in [1.807, 2.05) is 0 Å². The second-order valence-electron chi connectivity index (χ2n) is 9.46. The second-order valence-corrected chi connectivity index (χ2v) is 9.46. The van der Waals surface area contributed by atoms with Gasteiger partial charge in [-0.2, -0.15) is 0 Å². The summed E-state index contributed by atoms with van der Waals surface area (Å²) in [5, 5.41) is 20.8. The minimum absolute atomic E-state index is 0.179. The van der Waals surface area contributed by atoms with Crippen LogP contribution >= 0.6 is 0 Å². The van der Waals surface area contributed by atoms with Gasteiger partial charge in [0.1, 0.15) is 6.17 Å². The van der Waals surface area contributed by atoms with Gasteiger partial charge in [0.25, 0.3) is 0 Å². The van der Waals surface area contributed by atoms with Gasteiger partial charge < -0.3 is 10.2 Å². The molecule has 130 valence electrons. The van der Waals surface area contributed by atoms with Crippen LogP contribution < -0.4 is 0 Å². The molecule has 0 heterocycles. The van der Waals surface area contributed by atoms with E-state index in [0.29, 0.717) is 18.3 Å². The third kappa shape index (κ3) is 1.93. The number of aliphatic hydroxyl groups excluding tert-OH is 1. The highest BCUT2D eigenvalue weighted by molar-refractivity contribution is 5.26. The fraction of sp³-hybridized carbons (Fsp3) is 0.900. The molecule has 8 atom stereocenters. The summed E-state index contributed by atoms with van der Waals surface area (Å²) in [4.78, 5) is 0. The number of hydrogen-bond donors (Lipinski definition) is 2. The van der Waals surface area contributed by atoms with Crippen LogP contribution in [0.3, 0.4) is 0 Å². The van der Waals surface area contributed by atoms with Crippen LogP contribution in [0.2, 0.25) is 0 Å². The molecular formula is C20H31FO2. The maximum Gasteiger partial charge on any atom is 0.129 e. The van der Waals surface area contributed by atoms with Crippen molar-refractivity contribution in [2.24, 2.45) is 28.6 Å². The highest BCUT2D eigenvalue weighted by Gasteiger charge is 2.65. The van der Waals surface area contributed by atoms with E-state index in [1.165, 1.54) is 5.57 Å². The Morgan fingerprint density at radius 3 is 2.61 bits per heavy atom. The van der Waals surface area contributed by atoms with Gasteiger partial charge in [0, 0.05) is 5.41 Å². The Morgan fingerprint density at radius 1 is 1.13 bits per heavy atom. The molecule has 0 spiro atoms. The van der Waals surface area contributed by atoms with Gasteiger partial charge >= 0.3 is 0 Å². The molecule has 4 rings (SSSR count). The molecule has 3 saturated carbocycles. The molecule has 0 amide bonds. The zero-order chi connectivity index (χ0) is 16.6. The second kappa shape index (κ2) is 4.82. The predicted molar refractivity (Wildman–Crippen MR) is 88.6 cm³/mol. The first kappa shape index (κ1) is 16.1. The lowest BCUT2D eigenvalue weighted by Crippen LogP contribution is -2.54. The number of alkyl halides is 1. The lowest BCUT2D eigenvalue weighted by molar-refractivity contribution is -0.130. The Labute approximate surface area is 139 Å². The van der Waals surface area contributed by atoms with Crippen molar-refractivity contribution in [3.63, 3.8) is 0 Å². The average molecular weight is 322 g/mol. The first-order valence-corrected chi connectivity index (χ1v) is 9.44.